The van der Waals surface area contributed by atoms with Gasteiger partial charge < -0.3 is 15.1 Å². The highest BCUT2D eigenvalue weighted by atomic mass is 35.5. The van der Waals surface area contributed by atoms with Gasteiger partial charge in [0.2, 0.25) is 5.91 Å². The first-order valence-corrected chi connectivity index (χ1v) is 12.0. The summed E-state index contributed by atoms with van der Waals surface area (Å²) < 4.78 is 0. The zero-order valence-electron chi connectivity index (χ0n) is 18.0. The molecule has 0 radical (unpaired) electrons. The second kappa shape index (κ2) is 10.5. The van der Waals surface area contributed by atoms with Crippen LogP contribution in [-0.4, -0.2) is 47.9 Å². The molecule has 0 unspecified atom stereocenters. The number of amides is 2. The lowest BCUT2D eigenvalue weighted by Gasteiger charge is -2.35. The summed E-state index contributed by atoms with van der Waals surface area (Å²) in [4.78, 5) is 34.4. The van der Waals surface area contributed by atoms with Gasteiger partial charge in [0.1, 0.15) is 0 Å². The van der Waals surface area contributed by atoms with E-state index < -0.39 is 0 Å². The van der Waals surface area contributed by atoms with Crippen LogP contribution in [0.25, 0.3) is 0 Å². The Hall–Kier alpha value is -2.31. The van der Waals surface area contributed by atoms with E-state index in [2.05, 4.69) is 20.1 Å². The summed E-state index contributed by atoms with van der Waals surface area (Å²) in [6.07, 6.45) is 7.79. The highest BCUT2D eigenvalue weighted by Gasteiger charge is 2.30. The number of halogens is 2. The molecule has 2 fully saturated rings. The van der Waals surface area contributed by atoms with Gasteiger partial charge in [-0.3, -0.25) is 9.59 Å². The van der Waals surface area contributed by atoms with Crippen molar-refractivity contribution in [3.8, 4) is 0 Å². The normalized spacial score (nSPS) is 17.7. The molecule has 0 aliphatic carbocycles. The second-order valence-corrected chi connectivity index (χ2v) is 9.36. The van der Waals surface area contributed by atoms with Crippen molar-refractivity contribution in [2.24, 2.45) is 5.92 Å². The predicted octanol–water partition coefficient (Wildman–Crippen LogP) is 5.26. The molecule has 6 nitrogen and oxygen atoms in total. The summed E-state index contributed by atoms with van der Waals surface area (Å²) in [5, 5.41) is 3.87. The number of rotatable bonds is 4. The topological polar surface area (TPSA) is 65.5 Å². The molecule has 0 saturated carbocycles. The Balaban J connectivity index is 1.43. The minimum atomic E-state index is -0.274. The largest absolute Gasteiger partial charge is 0.355 e. The van der Waals surface area contributed by atoms with Crippen molar-refractivity contribution < 1.29 is 9.59 Å². The third-order valence-corrected chi connectivity index (χ3v) is 6.67. The zero-order chi connectivity index (χ0) is 22.5. The van der Waals surface area contributed by atoms with Gasteiger partial charge in [-0.25, -0.2) is 4.98 Å². The number of likely N-dealkylation sites (tertiary alicyclic amines) is 1. The van der Waals surface area contributed by atoms with Crippen molar-refractivity contribution in [3.63, 3.8) is 0 Å². The maximum atomic E-state index is 13.0. The molecule has 1 N–H and O–H groups in total. The Morgan fingerprint density at radius 3 is 2.34 bits per heavy atom. The van der Waals surface area contributed by atoms with E-state index in [1.807, 2.05) is 0 Å². The molecule has 1 aromatic carbocycles. The van der Waals surface area contributed by atoms with Gasteiger partial charge in [-0.15, -0.1) is 0 Å². The second-order valence-electron chi connectivity index (χ2n) is 8.49. The molecule has 0 bridgehead atoms. The molecule has 2 aliphatic heterocycles. The number of piperidine rings is 1. The van der Waals surface area contributed by atoms with E-state index in [0.717, 1.165) is 38.8 Å². The molecule has 2 amide bonds. The number of hydrogen-bond acceptors (Lipinski definition) is 4. The standard InChI is InChI=1S/C24H28Cl2N4O2/c25-19-7-5-6-18(14-19)23(31)28-21-15-20(26)16-27-22(21)29-12-8-17(9-13-29)24(32)30-10-3-1-2-4-11-30/h5-7,14-17H,1-4,8-13H2,(H,28,31). The van der Waals surface area contributed by atoms with Crippen LogP contribution in [-0.2, 0) is 4.79 Å². The van der Waals surface area contributed by atoms with Crippen LogP contribution in [0.1, 0.15) is 48.9 Å². The smallest absolute Gasteiger partial charge is 0.255 e. The summed E-state index contributed by atoms with van der Waals surface area (Å²) >= 11 is 12.2. The summed E-state index contributed by atoms with van der Waals surface area (Å²) in [7, 11) is 0. The monoisotopic (exact) mass is 474 g/mol. The number of nitrogens with zero attached hydrogens (tertiary/aromatic N) is 3. The van der Waals surface area contributed by atoms with Crippen LogP contribution < -0.4 is 10.2 Å². The molecule has 1 aromatic heterocycles. The highest BCUT2D eigenvalue weighted by Crippen LogP contribution is 2.31. The molecule has 0 atom stereocenters. The SMILES string of the molecule is O=C(Nc1cc(Cl)cnc1N1CCC(C(=O)N2CCCCCC2)CC1)c1cccc(Cl)c1. The zero-order valence-corrected chi connectivity index (χ0v) is 19.5. The van der Waals surface area contributed by atoms with Gasteiger partial charge in [0.15, 0.2) is 5.82 Å². The number of carbonyl (C=O) groups is 2. The molecule has 4 rings (SSSR count). The molecule has 2 aromatic rings. The lowest BCUT2D eigenvalue weighted by atomic mass is 9.95. The number of nitrogens with one attached hydrogen (secondary N) is 1. The van der Waals surface area contributed by atoms with Crippen molar-refractivity contribution in [3.05, 3.63) is 52.1 Å². The van der Waals surface area contributed by atoms with Gasteiger partial charge in [0.05, 0.1) is 10.7 Å². The Morgan fingerprint density at radius 1 is 0.938 bits per heavy atom. The average molecular weight is 475 g/mol. The Morgan fingerprint density at radius 2 is 1.66 bits per heavy atom. The molecule has 32 heavy (non-hydrogen) atoms. The van der Waals surface area contributed by atoms with Gasteiger partial charge >= 0.3 is 0 Å². The molecule has 170 valence electrons. The fraction of sp³-hybridized carbons (Fsp3) is 0.458. The van der Waals surface area contributed by atoms with Crippen LogP contribution in [0.5, 0.6) is 0 Å². The van der Waals surface area contributed by atoms with Gasteiger partial charge in [-0.1, -0.05) is 42.1 Å². The maximum Gasteiger partial charge on any atom is 0.255 e. The average Bonchev–Trinajstić information content (AvgIpc) is 3.08. The minimum absolute atomic E-state index is 0.0566. The van der Waals surface area contributed by atoms with Crippen LogP contribution in [0.4, 0.5) is 11.5 Å². The summed E-state index contributed by atoms with van der Waals surface area (Å²) in [6, 6.07) is 8.50. The van der Waals surface area contributed by atoms with E-state index in [1.54, 1.807) is 36.5 Å². The minimum Gasteiger partial charge on any atom is -0.355 e. The number of benzene rings is 1. The van der Waals surface area contributed by atoms with Crippen LogP contribution in [0.2, 0.25) is 10.0 Å². The lowest BCUT2D eigenvalue weighted by molar-refractivity contribution is -0.136. The Labute approximate surface area is 198 Å². The number of aromatic nitrogens is 1. The first kappa shape index (κ1) is 22.9. The van der Waals surface area contributed by atoms with E-state index in [9.17, 15) is 9.59 Å². The maximum absolute atomic E-state index is 13.0. The van der Waals surface area contributed by atoms with E-state index >= 15 is 0 Å². The summed E-state index contributed by atoms with van der Waals surface area (Å²) in [6.45, 7) is 3.19. The molecule has 2 saturated heterocycles. The van der Waals surface area contributed by atoms with E-state index in [4.69, 9.17) is 23.2 Å². The van der Waals surface area contributed by atoms with Gasteiger partial charge in [0.25, 0.3) is 5.91 Å². The van der Waals surface area contributed by atoms with Crippen LogP contribution in [0.15, 0.2) is 36.5 Å². The van der Waals surface area contributed by atoms with E-state index in [-0.39, 0.29) is 11.8 Å². The van der Waals surface area contributed by atoms with Gasteiger partial charge in [0, 0.05) is 48.9 Å². The number of carbonyl (C=O) groups excluding carboxylic acids is 2. The highest BCUT2D eigenvalue weighted by molar-refractivity contribution is 6.31. The first-order valence-electron chi connectivity index (χ1n) is 11.3. The van der Waals surface area contributed by atoms with Crippen molar-refractivity contribution in [1.82, 2.24) is 9.88 Å². The quantitative estimate of drug-likeness (QED) is 0.655. The molecule has 0 spiro atoms. The van der Waals surface area contributed by atoms with Crippen LogP contribution in [0, 0.1) is 5.92 Å². The number of anilines is 2. The number of hydrogen-bond donors (Lipinski definition) is 1. The lowest BCUT2D eigenvalue weighted by Crippen LogP contribution is -2.43. The van der Waals surface area contributed by atoms with Crippen molar-refractivity contribution in [1.29, 1.82) is 0 Å². The third kappa shape index (κ3) is 5.54. The van der Waals surface area contributed by atoms with Gasteiger partial charge in [-0.05, 0) is 49.9 Å². The molecule has 2 aliphatic rings. The van der Waals surface area contributed by atoms with Crippen LogP contribution in [0.3, 0.4) is 0 Å². The fourth-order valence-corrected chi connectivity index (χ4v) is 4.84. The Kier molecular flexibility index (Phi) is 7.53. The summed E-state index contributed by atoms with van der Waals surface area (Å²) in [5.74, 6) is 0.751. The molecular formula is C24H28Cl2N4O2. The molecular weight excluding hydrogens is 447 g/mol. The first-order chi connectivity index (χ1) is 15.5. The van der Waals surface area contributed by atoms with E-state index in [0.29, 0.717) is 46.1 Å². The number of pyridine rings is 1. The third-order valence-electron chi connectivity index (χ3n) is 6.23. The Bertz CT molecular complexity index is 968. The molecule has 8 heteroatoms. The van der Waals surface area contributed by atoms with Crippen LogP contribution >= 0.6 is 23.2 Å². The predicted molar refractivity (Wildman–Crippen MR) is 129 cm³/mol. The van der Waals surface area contributed by atoms with Crippen molar-refractivity contribution in [2.45, 2.75) is 38.5 Å². The molecule has 3 heterocycles. The van der Waals surface area contributed by atoms with Gasteiger partial charge in [-0.2, -0.15) is 0 Å². The van der Waals surface area contributed by atoms with Crippen molar-refractivity contribution >= 4 is 46.5 Å². The van der Waals surface area contributed by atoms with Crippen molar-refractivity contribution in [2.75, 3.05) is 36.4 Å². The summed E-state index contributed by atoms with van der Waals surface area (Å²) in [5.41, 5.74) is 1.02. The fourth-order valence-electron chi connectivity index (χ4n) is 4.49. The van der Waals surface area contributed by atoms with E-state index in [1.165, 1.54) is 12.8 Å².